The molecule has 3 aromatic rings. The summed E-state index contributed by atoms with van der Waals surface area (Å²) in [5.41, 5.74) is 4.45. The maximum absolute atomic E-state index is 13.1. The van der Waals surface area contributed by atoms with E-state index in [1.54, 1.807) is 0 Å². The molecule has 0 fully saturated rings. The zero-order valence-corrected chi connectivity index (χ0v) is 11.7. The molecule has 2 aromatic carbocycles. The second-order valence-corrected chi connectivity index (χ2v) is 4.82. The van der Waals surface area contributed by atoms with E-state index in [9.17, 15) is 4.39 Å². The molecule has 0 saturated carbocycles. The molecule has 1 aromatic heterocycles. The molecule has 0 aliphatic carbocycles. The highest BCUT2D eigenvalue weighted by atomic mass is 19.1. The van der Waals surface area contributed by atoms with Crippen molar-refractivity contribution in [3.63, 3.8) is 0 Å². The van der Waals surface area contributed by atoms with Crippen LogP contribution in [0.5, 0.6) is 0 Å². The average Bonchev–Trinajstić information content (AvgIpc) is 2.86. The Morgan fingerprint density at radius 3 is 2.50 bits per heavy atom. The lowest BCUT2D eigenvalue weighted by Gasteiger charge is -2.03. The van der Waals surface area contributed by atoms with Crippen LogP contribution in [0.25, 0.3) is 22.0 Å². The number of nitrogens with one attached hydrogen (secondary N) is 1. The molecule has 0 atom stereocenters. The van der Waals surface area contributed by atoms with Crippen LogP contribution in [-0.2, 0) is 6.54 Å². The van der Waals surface area contributed by atoms with Gasteiger partial charge >= 0.3 is 0 Å². The van der Waals surface area contributed by atoms with Crippen LogP contribution in [0.2, 0.25) is 0 Å². The van der Waals surface area contributed by atoms with Crippen molar-refractivity contribution in [2.75, 3.05) is 12.4 Å². The van der Waals surface area contributed by atoms with E-state index in [0.29, 0.717) is 0 Å². The molecule has 2 nitrogen and oxygen atoms in total. The Labute approximate surface area is 117 Å². The SMILES string of the molecule is CCn1cc(-c2ccc(F)cc2)c2cc(NC)ccc21. The minimum Gasteiger partial charge on any atom is -0.388 e. The fourth-order valence-corrected chi connectivity index (χ4v) is 2.57. The molecule has 0 bridgehead atoms. The molecule has 102 valence electrons. The van der Waals surface area contributed by atoms with Crippen LogP contribution in [0.3, 0.4) is 0 Å². The summed E-state index contributed by atoms with van der Waals surface area (Å²) in [6, 6.07) is 13.0. The molecule has 1 N–H and O–H groups in total. The van der Waals surface area contributed by atoms with E-state index in [4.69, 9.17) is 0 Å². The summed E-state index contributed by atoms with van der Waals surface area (Å²) >= 11 is 0. The maximum atomic E-state index is 13.1. The summed E-state index contributed by atoms with van der Waals surface area (Å²) in [4.78, 5) is 0. The highest BCUT2D eigenvalue weighted by molar-refractivity contribution is 5.97. The minimum atomic E-state index is -0.205. The normalized spacial score (nSPS) is 10.9. The number of nitrogens with zero attached hydrogens (tertiary/aromatic N) is 1. The van der Waals surface area contributed by atoms with Crippen molar-refractivity contribution >= 4 is 16.6 Å². The Hall–Kier alpha value is -2.29. The van der Waals surface area contributed by atoms with Gasteiger partial charge in [0.1, 0.15) is 5.82 Å². The van der Waals surface area contributed by atoms with E-state index in [1.165, 1.54) is 23.0 Å². The van der Waals surface area contributed by atoms with Crippen molar-refractivity contribution in [1.82, 2.24) is 4.57 Å². The predicted octanol–water partition coefficient (Wildman–Crippen LogP) is 4.51. The maximum Gasteiger partial charge on any atom is 0.123 e. The van der Waals surface area contributed by atoms with Gasteiger partial charge in [-0.05, 0) is 42.8 Å². The Bertz CT molecular complexity index is 742. The second-order valence-electron chi connectivity index (χ2n) is 4.82. The monoisotopic (exact) mass is 268 g/mol. The van der Waals surface area contributed by atoms with Crippen molar-refractivity contribution in [2.45, 2.75) is 13.5 Å². The summed E-state index contributed by atoms with van der Waals surface area (Å²) in [7, 11) is 1.91. The van der Waals surface area contributed by atoms with Gasteiger partial charge < -0.3 is 9.88 Å². The van der Waals surface area contributed by atoms with Crippen LogP contribution >= 0.6 is 0 Å². The van der Waals surface area contributed by atoms with Crippen LogP contribution < -0.4 is 5.32 Å². The molecule has 0 amide bonds. The lowest BCUT2D eigenvalue weighted by molar-refractivity contribution is 0.628. The predicted molar refractivity (Wildman–Crippen MR) is 82.6 cm³/mol. The van der Waals surface area contributed by atoms with Crippen LogP contribution in [0.4, 0.5) is 10.1 Å². The highest BCUT2D eigenvalue weighted by Gasteiger charge is 2.10. The van der Waals surface area contributed by atoms with E-state index >= 15 is 0 Å². The summed E-state index contributed by atoms with van der Waals surface area (Å²) < 4.78 is 15.3. The second kappa shape index (κ2) is 5.00. The lowest BCUT2D eigenvalue weighted by atomic mass is 10.0. The zero-order chi connectivity index (χ0) is 14.1. The first-order chi connectivity index (χ1) is 9.72. The van der Waals surface area contributed by atoms with Crippen molar-refractivity contribution < 1.29 is 4.39 Å². The van der Waals surface area contributed by atoms with Gasteiger partial charge in [0.25, 0.3) is 0 Å². The fraction of sp³-hybridized carbons (Fsp3) is 0.176. The van der Waals surface area contributed by atoms with Gasteiger partial charge in [0, 0.05) is 41.9 Å². The van der Waals surface area contributed by atoms with E-state index in [1.807, 2.05) is 19.2 Å². The number of hydrogen-bond acceptors (Lipinski definition) is 1. The quantitative estimate of drug-likeness (QED) is 0.739. The summed E-state index contributed by atoms with van der Waals surface area (Å²) in [6.45, 7) is 3.04. The third-order valence-corrected chi connectivity index (χ3v) is 3.67. The molecule has 0 aliphatic heterocycles. The lowest BCUT2D eigenvalue weighted by Crippen LogP contribution is -1.91. The molecule has 20 heavy (non-hydrogen) atoms. The first kappa shape index (κ1) is 12.7. The number of halogens is 1. The summed E-state index contributed by atoms with van der Waals surface area (Å²) in [6.07, 6.45) is 2.14. The Morgan fingerprint density at radius 2 is 1.85 bits per heavy atom. The smallest absolute Gasteiger partial charge is 0.123 e. The van der Waals surface area contributed by atoms with Crippen LogP contribution in [0, 0.1) is 5.82 Å². The molecular formula is C17H17FN2. The van der Waals surface area contributed by atoms with Crippen LogP contribution in [0.15, 0.2) is 48.7 Å². The van der Waals surface area contributed by atoms with Gasteiger partial charge in [0.05, 0.1) is 0 Å². The molecule has 0 saturated heterocycles. The van der Waals surface area contributed by atoms with Gasteiger partial charge in [0.15, 0.2) is 0 Å². The zero-order valence-electron chi connectivity index (χ0n) is 11.7. The van der Waals surface area contributed by atoms with E-state index in [2.05, 4.69) is 41.2 Å². The first-order valence-electron chi connectivity index (χ1n) is 6.79. The topological polar surface area (TPSA) is 17.0 Å². The molecule has 0 aliphatic rings. The van der Waals surface area contributed by atoms with Gasteiger partial charge in [-0.1, -0.05) is 12.1 Å². The van der Waals surface area contributed by atoms with Gasteiger partial charge in [-0.15, -0.1) is 0 Å². The third kappa shape index (κ3) is 2.05. The molecule has 1 heterocycles. The van der Waals surface area contributed by atoms with Gasteiger partial charge in [-0.2, -0.15) is 0 Å². The van der Waals surface area contributed by atoms with Gasteiger partial charge in [0.2, 0.25) is 0 Å². The molecule has 0 radical (unpaired) electrons. The Morgan fingerprint density at radius 1 is 1.10 bits per heavy atom. The number of rotatable bonds is 3. The number of benzene rings is 2. The molecule has 0 spiro atoms. The average molecular weight is 268 g/mol. The van der Waals surface area contributed by atoms with Crippen LogP contribution in [-0.4, -0.2) is 11.6 Å². The van der Waals surface area contributed by atoms with Crippen molar-refractivity contribution in [3.05, 3.63) is 54.5 Å². The standard InChI is InChI=1S/C17H17FN2/c1-3-20-11-16(12-4-6-13(18)7-5-12)15-10-14(19-2)8-9-17(15)20/h4-11,19H,3H2,1-2H3. The Balaban J connectivity index is 2.25. The largest absolute Gasteiger partial charge is 0.388 e. The highest BCUT2D eigenvalue weighted by Crippen LogP contribution is 2.32. The molecule has 3 rings (SSSR count). The molecular weight excluding hydrogens is 251 g/mol. The number of aryl methyl sites for hydroxylation is 1. The van der Waals surface area contributed by atoms with E-state index in [0.717, 1.165) is 23.4 Å². The first-order valence-corrected chi connectivity index (χ1v) is 6.79. The summed E-state index contributed by atoms with van der Waals surface area (Å²) in [5.74, 6) is -0.205. The fourth-order valence-electron chi connectivity index (χ4n) is 2.57. The Kier molecular flexibility index (Phi) is 3.18. The van der Waals surface area contributed by atoms with Gasteiger partial charge in [-0.25, -0.2) is 4.39 Å². The van der Waals surface area contributed by atoms with E-state index in [-0.39, 0.29) is 5.82 Å². The number of aromatic nitrogens is 1. The summed E-state index contributed by atoms with van der Waals surface area (Å²) in [5, 5.41) is 4.35. The van der Waals surface area contributed by atoms with Gasteiger partial charge in [-0.3, -0.25) is 0 Å². The van der Waals surface area contributed by atoms with E-state index < -0.39 is 0 Å². The number of fused-ring (bicyclic) bond motifs is 1. The molecule has 3 heteroatoms. The van der Waals surface area contributed by atoms with Crippen LogP contribution in [0.1, 0.15) is 6.92 Å². The minimum absolute atomic E-state index is 0.205. The third-order valence-electron chi connectivity index (χ3n) is 3.67. The van der Waals surface area contributed by atoms with Crippen molar-refractivity contribution in [3.8, 4) is 11.1 Å². The number of anilines is 1. The number of hydrogen-bond donors (Lipinski definition) is 1. The molecule has 0 unspecified atom stereocenters. The van der Waals surface area contributed by atoms with Crippen molar-refractivity contribution in [2.24, 2.45) is 0 Å². The van der Waals surface area contributed by atoms with Crippen molar-refractivity contribution in [1.29, 1.82) is 0 Å².